The van der Waals surface area contributed by atoms with Gasteiger partial charge < -0.3 is 5.73 Å². The molecule has 1 nitrogen and oxygen atoms in total. The summed E-state index contributed by atoms with van der Waals surface area (Å²) in [6, 6.07) is 4.41. The van der Waals surface area contributed by atoms with Gasteiger partial charge >= 0.3 is 6.18 Å². The highest BCUT2D eigenvalue weighted by atomic mass is 32.2. The Labute approximate surface area is 116 Å². The molecule has 0 aromatic heterocycles. The molecule has 0 aliphatic rings. The van der Waals surface area contributed by atoms with Gasteiger partial charge in [-0.2, -0.15) is 13.2 Å². The van der Waals surface area contributed by atoms with E-state index in [-0.39, 0.29) is 6.04 Å². The number of rotatable bonds is 6. The van der Waals surface area contributed by atoms with E-state index in [4.69, 9.17) is 5.73 Å². The predicted molar refractivity (Wildman–Crippen MR) is 74.4 cm³/mol. The SMILES string of the molecule is CCCCSc1ccc(CC(C)N)cc1C(F)(F)F. The van der Waals surface area contributed by atoms with Gasteiger partial charge in [0.2, 0.25) is 0 Å². The maximum Gasteiger partial charge on any atom is 0.417 e. The molecule has 0 spiro atoms. The van der Waals surface area contributed by atoms with Gasteiger partial charge in [0.15, 0.2) is 0 Å². The number of nitrogens with two attached hydrogens (primary N) is 1. The maximum atomic E-state index is 13.0. The van der Waals surface area contributed by atoms with Crippen LogP contribution in [0.4, 0.5) is 13.2 Å². The molecule has 1 aromatic rings. The lowest BCUT2D eigenvalue weighted by Crippen LogP contribution is -2.18. The molecular formula is C14H20F3NS. The molecule has 0 aliphatic carbocycles. The van der Waals surface area contributed by atoms with E-state index in [1.807, 2.05) is 6.92 Å². The molecule has 0 amide bonds. The Hall–Kier alpha value is -0.680. The van der Waals surface area contributed by atoms with Crippen LogP contribution in [0.25, 0.3) is 0 Å². The van der Waals surface area contributed by atoms with E-state index in [9.17, 15) is 13.2 Å². The van der Waals surface area contributed by atoms with Gasteiger partial charge in [-0.15, -0.1) is 11.8 Å². The first-order valence-corrected chi connectivity index (χ1v) is 7.41. The second kappa shape index (κ2) is 7.20. The van der Waals surface area contributed by atoms with E-state index in [2.05, 4.69) is 0 Å². The van der Waals surface area contributed by atoms with Crippen LogP contribution in [-0.4, -0.2) is 11.8 Å². The first-order valence-electron chi connectivity index (χ1n) is 6.43. The lowest BCUT2D eigenvalue weighted by Gasteiger charge is -2.15. The summed E-state index contributed by atoms with van der Waals surface area (Å²) in [4.78, 5) is 0.314. The van der Waals surface area contributed by atoms with E-state index in [0.717, 1.165) is 12.8 Å². The summed E-state index contributed by atoms with van der Waals surface area (Å²) >= 11 is 1.27. The van der Waals surface area contributed by atoms with Crippen molar-refractivity contribution in [3.05, 3.63) is 29.3 Å². The zero-order chi connectivity index (χ0) is 14.5. The third-order valence-electron chi connectivity index (χ3n) is 2.66. The number of unbranched alkanes of at least 4 members (excludes halogenated alkanes) is 1. The number of hydrogen-bond acceptors (Lipinski definition) is 2. The minimum atomic E-state index is -4.30. The van der Waals surface area contributed by atoms with Gasteiger partial charge in [-0.3, -0.25) is 0 Å². The molecule has 0 radical (unpaired) electrons. The first-order chi connectivity index (χ1) is 8.84. The van der Waals surface area contributed by atoms with Crippen LogP contribution in [0.15, 0.2) is 23.1 Å². The molecule has 0 fully saturated rings. The molecule has 108 valence electrons. The highest BCUT2D eigenvalue weighted by molar-refractivity contribution is 7.99. The highest BCUT2D eigenvalue weighted by Crippen LogP contribution is 2.37. The minimum Gasteiger partial charge on any atom is -0.328 e. The Kier molecular flexibility index (Phi) is 6.20. The Morgan fingerprint density at radius 1 is 1.32 bits per heavy atom. The molecular weight excluding hydrogens is 271 g/mol. The van der Waals surface area contributed by atoms with E-state index in [1.165, 1.54) is 17.8 Å². The number of thioether (sulfide) groups is 1. The molecule has 1 rings (SSSR count). The van der Waals surface area contributed by atoms with Crippen LogP contribution in [-0.2, 0) is 12.6 Å². The van der Waals surface area contributed by atoms with Crippen molar-refractivity contribution < 1.29 is 13.2 Å². The van der Waals surface area contributed by atoms with Crippen molar-refractivity contribution in [1.29, 1.82) is 0 Å². The van der Waals surface area contributed by atoms with Gasteiger partial charge in [-0.1, -0.05) is 19.4 Å². The van der Waals surface area contributed by atoms with Gasteiger partial charge in [-0.05, 0) is 43.2 Å². The molecule has 1 atom stereocenters. The molecule has 19 heavy (non-hydrogen) atoms. The third kappa shape index (κ3) is 5.45. The van der Waals surface area contributed by atoms with Crippen LogP contribution in [0.2, 0.25) is 0 Å². The standard InChI is InChI=1S/C14H20F3NS/c1-3-4-7-19-13-6-5-11(8-10(2)18)9-12(13)14(15,16)17/h5-6,9-10H,3-4,7-8,18H2,1-2H3. The summed E-state index contributed by atoms with van der Waals surface area (Å²) in [5, 5.41) is 0. The summed E-state index contributed by atoms with van der Waals surface area (Å²) in [6.45, 7) is 3.81. The number of benzene rings is 1. The normalized spacial score (nSPS) is 13.6. The van der Waals surface area contributed by atoms with Crippen LogP contribution in [0, 0.1) is 0 Å². The van der Waals surface area contributed by atoms with Gasteiger partial charge in [0.05, 0.1) is 5.56 Å². The molecule has 2 N–H and O–H groups in total. The average molecular weight is 291 g/mol. The first kappa shape index (κ1) is 16.4. The molecule has 0 aliphatic heterocycles. The van der Waals surface area contributed by atoms with Crippen LogP contribution in [0.3, 0.4) is 0 Å². The third-order valence-corrected chi connectivity index (χ3v) is 3.82. The van der Waals surface area contributed by atoms with E-state index < -0.39 is 11.7 Å². The van der Waals surface area contributed by atoms with Gasteiger partial charge in [0, 0.05) is 10.9 Å². The monoisotopic (exact) mass is 291 g/mol. The molecule has 0 heterocycles. The smallest absolute Gasteiger partial charge is 0.328 e. The van der Waals surface area contributed by atoms with E-state index in [0.29, 0.717) is 22.6 Å². The van der Waals surface area contributed by atoms with Crippen LogP contribution in [0.5, 0.6) is 0 Å². The Balaban J connectivity index is 2.96. The van der Waals surface area contributed by atoms with Crippen molar-refractivity contribution in [2.24, 2.45) is 5.73 Å². The van der Waals surface area contributed by atoms with Crippen molar-refractivity contribution in [2.75, 3.05) is 5.75 Å². The number of hydrogen-bond donors (Lipinski definition) is 1. The topological polar surface area (TPSA) is 26.0 Å². The quantitative estimate of drug-likeness (QED) is 0.617. The Bertz CT molecular complexity index is 402. The van der Waals surface area contributed by atoms with Gasteiger partial charge in [0.1, 0.15) is 0 Å². The molecule has 1 unspecified atom stereocenters. The zero-order valence-electron chi connectivity index (χ0n) is 11.3. The lowest BCUT2D eigenvalue weighted by molar-refractivity contribution is -0.139. The second-order valence-electron chi connectivity index (χ2n) is 4.71. The van der Waals surface area contributed by atoms with Crippen LogP contribution >= 0.6 is 11.8 Å². The predicted octanol–water partition coefficient (Wildman–Crippen LogP) is 4.49. The summed E-state index contributed by atoms with van der Waals surface area (Å²) in [6.07, 6.45) is -1.94. The minimum absolute atomic E-state index is 0.139. The fourth-order valence-corrected chi connectivity index (χ4v) is 2.90. The second-order valence-corrected chi connectivity index (χ2v) is 5.85. The van der Waals surface area contributed by atoms with Crippen LogP contribution < -0.4 is 5.73 Å². The summed E-state index contributed by atoms with van der Waals surface area (Å²) < 4.78 is 39.1. The lowest BCUT2D eigenvalue weighted by atomic mass is 10.0. The number of halogens is 3. The highest BCUT2D eigenvalue weighted by Gasteiger charge is 2.33. The molecule has 0 saturated carbocycles. The van der Waals surface area contributed by atoms with E-state index in [1.54, 1.807) is 19.1 Å². The fourth-order valence-electron chi connectivity index (χ4n) is 1.75. The largest absolute Gasteiger partial charge is 0.417 e. The maximum absolute atomic E-state index is 13.0. The van der Waals surface area contributed by atoms with Crippen molar-refractivity contribution in [1.82, 2.24) is 0 Å². The number of alkyl halides is 3. The average Bonchev–Trinajstić information content (AvgIpc) is 2.29. The molecule has 1 aromatic carbocycles. The molecule has 5 heteroatoms. The van der Waals surface area contributed by atoms with Crippen LogP contribution in [0.1, 0.15) is 37.8 Å². The summed E-state index contributed by atoms with van der Waals surface area (Å²) in [5.41, 5.74) is 5.74. The van der Waals surface area contributed by atoms with Gasteiger partial charge in [-0.25, -0.2) is 0 Å². The Morgan fingerprint density at radius 3 is 2.53 bits per heavy atom. The van der Waals surface area contributed by atoms with Crippen molar-refractivity contribution in [3.8, 4) is 0 Å². The van der Waals surface area contributed by atoms with E-state index >= 15 is 0 Å². The van der Waals surface area contributed by atoms with Crippen molar-refractivity contribution >= 4 is 11.8 Å². The summed E-state index contributed by atoms with van der Waals surface area (Å²) in [7, 11) is 0. The zero-order valence-corrected chi connectivity index (χ0v) is 12.1. The fraction of sp³-hybridized carbons (Fsp3) is 0.571. The van der Waals surface area contributed by atoms with Gasteiger partial charge in [0.25, 0.3) is 0 Å². The van der Waals surface area contributed by atoms with Crippen molar-refractivity contribution in [2.45, 2.75) is 50.2 Å². The summed E-state index contributed by atoms with van der Waals surface area (Å²) in [5.74, 6) is 0.715. The molecule has 0 bridgehead atoms. The Morgan fingerprint density at radius 2 is 2.00 bits per heavy atom. The molecule has 0 saturated heterocycles. The van der Waals surface area contributed by atoms with Crippen molar-refractivity contribution in [3.63, 3.8) is 0 Å².